The first kappa shape index (κ1) is 78.9. The molecule has 88 heavy (non-hydrogen) atoms. The van der Waals surface area contributed by atoms with E-state index in [1.807, 2.05) is 0 Å². The summed E-state index contributed by atoms with van der Waals surface area (Å²) in [5, 5.41) is 21.6. The van der Waals surface area contributed by atoms with Crippen molar-refractivity contribution in [3.63, 3.8) is 0 Å². The summed E-state index contributed by atoms with van der Waals surface area (Å²) in [4.78, 5) is 157. The minimum absolute atomic E-state index is 0.0266. The first-order chi connectivity index (χ1) is 41.7. The molecule has 0 bridgehead atoms. The number of rotatable bonds is 48. The maximum Gasteiger partial charge on any atom is 0.312 e. The number of benzene rings is 1. The Kier molecular flexibility index (Phi) is 41.3. The molecule has 0 unspecified atom stereocenters. The van der Waals surface area contributed by atoms with Gasteiger partial charge in [0.15, 0.2) is 5.78 Å². The number of anilines is 1. The van der Waals surface area contributed by atoms with E-state index in [4.69, 9.17) is 10.5 Å². The van der Waals surface area contributed by atoms with Crippen molar-refractivity contribution in [2.24, 2.45) is 23.5 Å². The Balaban J connectivity index is 2.77. The predicted octanol–water partition coefficient (Wildman–Crippen LogP) is 5.97. The number of hydrogen-bond acceptors (Lipinski definition) is 13. The highest BCUT2D eigenvalue weighted by Gasteiger charge is 2.30. The monoisotopic (exact) mass is 1240 g/mol. The maximum atomic E-state index is 13.8. The van der Waals surface area contributed by atoms with Gasteiger partial charge in [-0.25, -0.2) is 4.79 Å². The van der Waals surface area contributed by atoms with Gasteiger partial charge in [0, 0.05) is 71.0 Å². The van der Waals surface area contributed by atoms with Crippen LogP contribution in [0.5, 0.6) is 0 Å². The van der Waals surface area contributed by atoms with E-state index in [0.29, 0.717) is 30.5 Å². The zero-order valence-corrected chi connectivity index (χ0v) is 54.6. The number of esters is 1. The lowest BCUT2D eigenvalue weighted by atomic mass is 10.0. The molecule has 11 amide bonds. The number of nitrogens with zero attached hydrogens (tertiary/aromatic N) is 2. The highest BCUT2D eigenvalue weighted by molar-refractivity contribution is 5.99. The van der Waals surface area contributed by atoms with Crippen molar-refractivity contribution in [2.45, 2.75) is 234 Å². The highest BCUT2D eigenvalue weighted by Crippen LogP contribution is 2.16. The number of Topliss-reactive ketones (excluding diaryl/α,β-unsaturated/α-hetero) is 1. The van der Waals surface area contributed by atoms with Crippen molar-refractivity contribution in [3.05, 3.63) is 29.8 Å². The fraction of sp³-hybridized carbons (Fsp3) is 0.719. The topological polar surface area (TPSA) is 343 Å². The zero-order chi connectivity index (χ0) is 66.0. The second-order valence-corrected chi connectivity index (χ2v) is 23.9. The van der Waals surface area contributed by atoms with Gasteiger partial charge in [-0.05, 0) is 75.5 Å². The van der Waals surface area contributed by atoms with Gasteiger partial charge < -0.3 is 62.8 Å². The number of unbranched alkanes of at least 4 members (excludes halogenated alkanes) is 13. The first-order valence-corrected chi connectivity index (χ1v) is 32.1. The van der Waals surface area contributed by atoms with Gasteiger partial charge in [-0.2, -0.15) is 0 Å². The molecule has 0 aliphatic carbocycles. The van der Waals surface area contributed by atoms with Crippen molar-refractivity contribution < 1.29 is 62.3 Å². The number of carbonyl (C=O) groups is 12. The SMILES string of the molecule is CCCCCCCCCCCCCCCC(=O)NCCC(=O)N(C)CC(=O)N[C@@H](CCCCNC(=O)CCCC(=O)N[C@H](C(=O)N[C@@H](CCCNC(N)=O)C(=O)Nc1ccc(COC(=O)C(C)C)cc1)C(C)C)C(=O)N(C)CC(=O)N[C@@H](C)C(=O)C(C)C. The lowest BCUT2D eigenvalue weighted by molar-refractivity contribution is -0.148. The minimum Gasteiger partial charge on any atom is -0.461 e. The second-order valence-electron chi connectivity index (χ2n) is 23.9. The Morgan fingerprint density at radius 2 is 1.01 bits per heavy atom. The molecule has 0 aromatic heterocycles. The zero-order valence-electron chi connectivity index (χ0n) is 54.6. The van der Waals surface area contributed by atoms with Crippen LogP contribution >= 0.6 is 0 Å². The molecule has 1 rings (SSSR count). The number of urea groups is 1. The lowest BCUT2D eigenvalue weighted by Crippen LogP contribution is -2.54. The Hall–Kier alpha value is -7.14. The van der Waals surface area contributed by atoms with Crippen molar-refractivity contribution >= 4 is 76.6 Å². The van der Waals surface area contributed by atoms with Crippen LogP contribution in [-0.2, 0) is 64.1 Å². The van der Waals surface area contributed by atoms with Crippen LogP contribution < -0.4 is 48.3 Å². The summed E-state index contributed by atoms with van der Waals surface area (Å²) < 4.78 is 5.27. The molecule has 1 aromatic carbocycles. The van der Waals surface area contributed by atoms with Crippen LogP contribution in [0.2, 0.25) is 0 Å². The van der Waals surface area contributed by atoms with Crippen LogP contribution in [0.15, 0.2) is 24.3 Å². The van der Waals surface area contributed by atoms with Crippen LogP contribution in [0.25, 0.3) is 0 Å². The molecule has 10 N–H and O–H groups in total. The first-order valence-electron chi connectivity index (χ1n) is 32.1. The molecule has 0 saturated carbocycles. The van der Waals surface area contributed by atoms with Gasteiger partial charge in [0.25, 0.3) is 0 Å². The van der Waals surface area contributed by atoms with E-state index in [1.165, 1.54) is 76.8 Å². The third-order valence-electron chi connectivity index (χ3n) is 14.7. The molecule has 0 heterocycles. The standard InChI is InChI=1S/C64H109N11O13/c1-11-12-13-14-15-16-17-18-19-20-21-22-23-30-52(76)67-40-37-57(81)74(9)41-56(80)71-51(62(85)75(10)42-55(79)69-47(8)59(82)45(4)5)28-24-25-38-66-53(77)31-26-32-54(78)73-58(44(2)3)61(84)72-50(29-27-39-68-64(65)87)60(83)70-49-35-33-48(34-36-49)43-88-63(86)46(6)7/h33-36,44-47,50-51,58H,11-32,37-43H2,1-10H3,(H,66,77)(H,67,76)(H,69,79)(H,70,83)(H,71,80)(H,72,84)(H,73,78)(H3,65,68,87)/t47-,50-,51-,58-/m0/s1. The summed E-state index contributed by atoms with van der Waals surface area (Å²) in [5.41, 5.74) is 6.31. The van der Waals surface area contributed by atoms with E-state index in [9.17, 15) is 57.5 Å². The Morgan fingerprint density at radius 1 is 0.489 bits per heavy atom. The number of nitrogens with two attached hydrogens (primary N) is 1. The predicted molar refractivity (Wildman–Crippen MR) is 339 cm³/mol. The second kappa shape index (κ2) is 46.0. The van der Waals surface area contributed by atoms with Gasteiger partial charge in [0.05, 0.1) is 25.0 Å². The van der Waals surface area contributed by atoms with Gasteiger partial charge in [-0.3, -0.25) is 52.7 Å². The lowest BCUT2D eigenvalue weighted by Gasteiger charge is -2.26. The summed E-state index contributed by atoms with van der Waals surface area (Å²) in [5.74, 6) is -5.89. The fourth-order valence-electron chi connectivity index (χ4n) is 9.37. The fourth-order valence-corrected chi connectivity index (χ4v) is 9.37. The van der Waals surface area contributed by atoms with E-state index in [2.05, 4.69) is 49.5 Å². The molecule has 498 valence electrons. The van der Waals surface area contributed by atoms with Crippen molar-refractivity contribution in [3.8, 4) is 0 Å². The number of hydrogen-bond donors (Lipinski definition) is 9. The van der Waals surface area contributed by atoms with Crippen LogP contribution in [-0.4, -0.2) is 152 Å². The van der Waals surface area contributed by atoms with Crippen molar-refractivity contribution in [1.29, 1.82) is 0 Å². The molecule has 1 aromatic rings. The number of primary amides is 1. The number of likely N-dealkylation sites (N-methyl/N-ethyl adjacent to an activating group) is 2. The molecule has 0 radical (unpaired) electrons. The van der Waals surface area contributed by atoms with E-state index in [0.717, 1.165) is 30.6 Å². The Morgan fingerprint density at radius 3 is 1.58 bits per heavy atom. The smallest absolute Gasteiger partial charge is 0.312 e. The summed E-state index contributed by atoms with van der Waals surface area (Å²) >= 11 is 0. The normalized spacial score (nSPS) is 12.4. The van der Waals surface area contributed by atoms with Gasteiger partial charge in [0.1, 0.15) is 24.7 Å². The number of ketones is 1. The molecular weight excluding hydrogens is 1130 g/mol. The van der Waals surface area contributed by atoms with Gasteiger partial charge >= 0.3 is 12.0 Å². The maximum absolute atomic E-state index is 13.8. The molecular formula is C64H109N11O13. The van der Waals surface area contributed by atoms with Crippen LogP contribution in [0.3, 0.4) is 0 Å². The number of amides is 11. The molecule has 0 aliphatic heterocycles. The molecule has 0 fully saturated rings. The van der Waals surface area contributed by atoms with Crippen molar-refractivity contribution in [1.82, 2.24) is 47.0 Å². The third kappa shape index (κ3) is 36.9. The van der Waals surface area contributed by atoms with Crippen LogP contribution in [0.1, 0.15) is 209 Å². The average molecular weight is 1240 g/mol. The molecule has 24 nitrogen and oxygen atoms in total. The largest absolute Gasteiger partial charge is 0.461 e. The van der Waals surface area contributed by atoms with Crippen LogP contribution in [0.4, 0.5) is 10.5 Å². The molecule has 0 aliphatic rings. The Bertz CT molecular complexity index is 2330. The van der Waals surface area contributed by atoms with Gasteiger partial charge in [-0.1, -0.05) is 138 Å². The molecule has 24 heteroatoms. The van der Waals surface area contributed by atoms with E-state index in [-0.39, 0.29) is 119 Å². The molecule has 0 saturated heterocycles. The number of ether oxygens (including phenoxy) is 1. The third-order valence-corrected chi connectivity index (χ3v) is 14.7. The summed E-state index contributed by atoms with van der Waals surface area (Å²) in [6.45, 7) is 13.8. The van der Waals surface area contributed by atoms with Gasteiger partial charge in [-0.15, -0.1) is 0 Å². The molecule has 4 atom stereocenters. The van der Waals surface area contributed by atoms with E-state index < -0.39 is 78.1 Å². The molecule has 0 spiro atoms. The quantitative estimate of drug-likeness (QED) is 0.0268. The number of nitrogens with one attached hydrogen (secondary N) is 8. The Labute approximate surface area is 523 Å². The van der Waals surface area contributed by atoms with Gasteiger partial charge in [0.2, 0.25) is 53.2 Å². The van der Waals surface area contributed by atoms with E-state index >= 15 is 0 Å². The average Bonchev–Trinajstić information content (AvgIpc) is 3.59. The summed E-state index contributed by atoms with van der Waals surface area (Å²) in [6, 6.07) is 1.84. The summed E-state index contributed by atoms with van der Waals surface area (Å²) in [6.07, 6.45) is 17.2. The van der Waals surface area contributed by atoms with Crippen molar-refractivity contribution in [2.75, 3.05) is 52.1 Å². The number of carbonyl (C=O) groups excluding carboxylic acids is 12. The highest BCUT2D eigenvalue weighted by atomic mass is 16.5. The summed E-state index contributed by atoms with van der Waals surface area (Å²) in [7, 11) is 2.84. The van der Waals surface area contributed by atoms with E-state index in [1.54, 1.807) is 72.7 Å². The van der Waals surface area contributed by atoms with Crippen LogP contribution in [0, 0.1) is 17.8 Å². The minimum atomic E-state index is -1.12.